The molecule has 8 heterocycles. The number of carbonyl (C=O) groups is 1. The fourth-order valence-electron chi connectivity index (χ4n) is 6.93. The highest BCUT2D eigenvalue weighted by molar-refractivity contribution is 5.90. The average Bonchev–Trinajstić information content (AvgIpc) is 3.51. The van der Waals surface area contributed by atoms with Crippen LogP contribution in [0, 0.1) is 0 Å². The van der Waals surface area contributed by atoms with Gasteiger partial charge in [-0.1, -0.05) is 6.07 Å². The maximum absolute atomic E-state index is 12.7. The number of nitrogens with zero attached hydrogens (tertiary/aromatic N) is 7. The van der Waals surface area contributed by atoms with E-state index in [1.807, 2.05) is 28.1 Å². The number of rotatable bonds is 6. The van der Waals surface area contributed by atoms with Gasteiger partial charge in [-0.25, -0.2) is 19.9 Å². The first-order valence-corrected chi connectivity index (χ1v) is 14.5. The first-order chi connectivity index (χ1) is 19.6. The van der Waals surface area contributed by atoms with Crippen LogP contribution in [0.5, 0.6) is 0 Å². The van der Waals surface area contributed by atoms with Gasteiger partial charge in [0.05, 0.1) is 31.6 Å². The second-order valence-electron chi connectivity index (χ2n) is 11.9. The van der Waals surface area contributed by atoms with Gasteiger partial charge < -0.3 is 25.0 Å². The highest BCUT2D eigenvalue weighted by Crippen LogP contribution is 2.43. The van der Waals surface area contributed by atoms with Gasteiger partial charge in [-0.2, -0.15) is 0 Å². The minimum absolute atomic E-state index is 0.105. The highest BCUT2D eigenvalue weighted by Gasteiger charge is 2.41. The van der Waals surface area contributed by atoms with Crippen LogP contribution in [0.4, 0.5) is 17.6 Å². The largest absolute Gasteiger partial charge is 0.390 e. The van der Waals surface area contributed by atoms with Crippen molar-refractivity contribution in [2.75, 3.05) is 49.6 Å². The van der Waals surface area contributed by atoms with Gasteiger partial charge in [-0.3, -0.25) is 9.69 Å². The molecule has 3 aromatic heterocycles. The summed E-state index contributed by atoms with van der Waals surface area (Å²) in [5.41, 5.74) is 4.03. The molecule has 5 aliphatic rings. The Morgan fingerprint density at radius 3 is 2.60 bits per heavy atom. The topological polar surface area (TPSA) is 120 Å². The van der Waals surface area contributed by atoms with Gasteiger partial charge in [0.15, 0.2) is 5.82 Å². The number of pyridine rings is 2. The Hall–Kier alpha value is -3.41. The van der Waals surface area contributed by atoms with Gasteiger partial charge in [0.2, 0.25) is 11.9 Å². The molecule has 5 aliphatic heterocycles. The van der Waals surface area contributed by atoms with Crippen molar-refractivity contribution in [2.24, 2.45) is 0 Å². The summed E-state index contributed by atoms with van der Waals surface area (Å²) >= 11 is 0. The van der Waals surface area contributed by atoms with E-state index >= 15 is 0 Å². The molecule has 208 valence electrons. The van der Waals surface area contributed by atoms with Crippen LogP contribution in [-0.4, -0.2) is 98.3 Å². The third-order valence-electron chi connectivity index (χ3n) is 9.26. The quantitative estimate of drug-likeness (QED) is 0.478. The van der Waals surface area contributed by atoms with Gasteiger partial charge in [-0.15, -0.1) is 0 Å². The number of amides is 1. The number of likely N-dealkylation sites (tertiary alicyclic amines) is 1. The van der Waals surface area contributed by atoms with Crippen LogP contribution in [0.1, 0.15) is 48.6 Å². The van der Waals surface area contributed by atoms with E-state index in [4.69, 9.17) is 19.7 Å². The maximum Gasteiger partial charge on any atom is 0.237 e. The number of carbonyl (C=O) groups excluding carboxylic acids is 1. The van der Waals surface area contributed by atoms with Gasteiger partial charge >= 0.3 is 0 Å². The van der Waals surface area contributed by atoms with Crippen LogP contribution in [0.2, 0.25) is 0 Å². The maximum atomic E-state index is 12.7. The Kier molecular flexibility index (Phi) is 5.86. The SMILES string of the molecule is O=C(CN1CC(O)C1)N1CCc2nc(Nc3ncc4cc(C5COC5)nc(N5C6CCC5CC6)c4n3)ccc2C1. The molecule has 0 aromatic carbocycles. The van der Waals surface area contributed by atoms with Crippen molar-refractivity contribution in [3.8, 4) is 0 Å². The number of aliphatic hydroxyl groups is 1. The van der Waals surface area contributed by atoms with E-state index in [-0.39, 0.29) is 12.0 Å². The van der Waals surface area contributed by atoms with Gasteiger partial charge in [0.1, 0.15) is 11.3 Å². The molecule has 0 unspecified atom stereocenters. The first kappa shape index (κ1) is 24.4. The number of hydrogen-bond acceptors (Lipinski definition) is 10. The predicted octanol–water partition coefficient (Wildman–Crippen LogP) is 1.97. The lowest BCUT2D eigenvalue weighted by Gasteiger charge is -2.37. The van der Waals surface area contributed by atoms with Gasteiger partial charge in [-0.05, 0) is 43.4 Å². The van der Waals surface area contributed by atoms with E-state index in [2.05, 4.69) is 21.3 Å². The summed E-state index contributed by atoms with van der Waals surface area (Å²) in [6, 6.07) is 7.20. The molecular formula is C29H34N8O3. The molecule has 1 amide bonds. The molecule has 4 saturated heterocycles. The predicted molar refractivity (Wildman–Crippen MR) is 149 cm³/mol. The molecular weight excluding hydrogens is 508 g/mol. The lowest BCUT2D eigenvalue weighted by molar-refractivity contribution is -0.136. The molecule has 2 bridgehead atoms. The van der Waals surface area contributed by atoms with Crippen molar-refractivity contribution in [2.45, 2.75) is 62.8 Å². The number of fused-ring (bicyclic) bond motifs is 4. The highest BCUT2D eigenvalue weighted by atomic mass is 16.5. The fraction of sp³-hybridized carbons (Fsp3) is 0.552. The summed E-state index contributed by atoms with van der Waals surface area (Å²) in [4.78, 5) is 38.8. The van der Waals surface area contributed by atoms with Crippen molar-refractivity contribution in [1.29, 1.82) is 0 Å². The van der Waals surface area contributed by atoms with Gasteiger partial charge in [0.25, 0.3) is 0 Å². The van der Waals surface area contributed by atoms with Crippen LogP contribution in [0.25, 0.3) is 10.9 Å². The summed E-state index contributed by atoms with van der Waals surface area (Å²) < 4.78 is 5.46. The van der Waals surface area contributed by atoms with Gasteiger partial charge in [0, 0.05) is 67.9 Å². The fourth-order valence-corrected chi connectivity index (χ4v) is 6.93. The van der Waals surface area contributed by atoms with Crippen molar-refractivity contribution in [3.05, 3.63) is 41.3 Å². The molecule has 0 aliphatic carbocycles. The molecule has 11 heteroatoms. The summed E-state index contributed by atoms with van der Waals surface area (Å²) in [6.45, 7) is 4.19. The zero-order chi connectivity index (χ0) is 26.8. The Balaban J connectivity index is 1.03. The molecule has 0 spiro atoms. The van der Waals surface area contributed by atoms with Crippen molar-refractivity contribution in [3.63, 3.8) is 0 Å². The number of β-amino-alcohol motifs (C(OH)–C–C–N with tert-alkyl or cyclic N) is 1. The second kappa shape index (κ2) is 9.60. The zero-order valence-electron chi connectivity index (χ0n) is 22.5. The number of aromatic nitrogens is 4. The second-order valence-corrected chi connectivity index (χ2v) is 11.9. The number of ether oxygens (including phenoxy) is 1. The molecule has 3 aromatic rings. The first-order valence-electron chi connectivity index (χ1n) is 14.5. The van der Waals surface area contributed by atoms with Crippen LogP contribution < -0.4 is 10.2 Å². The third kappa shape index (κ3) is 4.27. The molecule has 0 atom stereocenters. The minimum atomic E-state index is -0.297. The van der Waals surface area contributed by atoms with Crippen molar-refractivity contribution in [1.82, 2.24) is 29.7 Å². The molecule has 40 heavy (non-hydrogen) atoms. The van der Waals surface area contributed by atoms with E-state index in [9.17, 15) is 9.90 Å². The Morgan fingerprint density at radius 1 is 1.07 bits per heavy atom. The summed E-state index contributed by atoms with van der Waals surface area (Å²) in [5.74, 6) is 2.65. The van der Waals surface area contributed by atoms with Crippen LogP contribution >= 0.6 is 0 Å². The number of nitrogens with one attached hydrogen (secondary N) is 1. The van der Waals surface area contributed by atoms with Crippen molar-refractivity contribution >= 4 is 34.4 Å². The lowest BCUT2D eigenvalue weighted by Crippen LogP contribution is -2.54. The summed E-state index contributed by atoms with van der Waals surface area (Å²) in [6.07, 6.45) is 7.21. The number of hydrogen-bond donors (Lipinski definition) is 2. The van der Waals surface area contributed by atoms with E-state index in [0.717, 1.165) is 46.9 Å². The molecule has 2 N–H and O–H groups in total. The standard InChI is InChI=1S/C29H34N8O3/c38-22-12-35(13-22)14-26(39)36-8-7-23-17(11-36)1-6-25(31-23)33-29-30-10-18-9-24(19-15-40-16-19)32-28(27(18)34-29)37-20-2-3-21(37)5-4-20/h1,6,9-10,19-22,38H,2-5,7-8,11-16H2,(H,30,31,33,34). The zero-order valence-corrected chi connectivity index (χ0v) is 22.5. The number of aliphatic hydroxyl groups excluding tert-OH is 1. The van der Waals surface area contributed by atoms with E-state index in [1.165, 1.54) is 25.7 Å². The van der Waals surface area contributed by atoms with Crippen LogP contribution in [-0.2, 0) is 22.5 Å². The van der Waals surface area contributed by atoms with E-state index in [0.29, 0.717) is 68.9 Å². The third-order valence-corrected chi connectivity index (χ3v) is 9.26. The normalized spacial score (nSPS) is 24.7. The average molecular weight is 543 g/mol. The number of anilines is 3. The summed E-state index contributed by atoms with van der Waals surface area (Å²) in [5, 5.41) is 13.8. The molecule has 0 radical (unpaired) electrons. The molecule has 0 saturated carbocycles. The molecule has 8 rings (SSSR count). The monoisotopic (exact) mass is 542 g/mol. The van der Waals surface area contributed by atoms with E-state index < -0.39 is 0 Å². The lowest BCUT2D eigenvalue weighted by atomic mass is 10.0. The molecule has 4 fully saturated rings. The minimum Gasteiger partial charge on any atom is -0.390 e. The van der Waals surface area contributed by atoms with Crippen LogP contribution in [0.15, 0.2) is 24.4 Å². The smallest absolute Gasteiger partial charge is 0.237 e. The van der Waals surface area contributed by atoms with E-state index in [1.54, 1.807) is 0 Å². The van der Waals surface area contributed by atoms with Crippen LogP contribution in [0.3, 0.4) is 0 Å². The van der Waals surface area contributed by atoms with Crippen molar-refractivity contribution < 1.29 is 14.6 Å². The summed E-state index contributed by atoms with van der Waals surface area (Å²) in [7, 11) is 0. The Bertz CT molecular complexity index is 1450. The Morgan fingerprint density at radius 2 is 1.88 bits per heavy atom. The Labute approximate surface area is 232 Å². The molecule has 11 nitrogen and oxygen atoms in total.